The molecule has 5 rings (SSSR count). The molecule has 1 fully saturated rings. The number of nitrogens with two attached hydrogens (primary N) is 1. The van der Waals surface area contributed by atoms with Crippen LogP contribution in [-0.2, 0) is 0 Å². The molecule has 4 aromatic rings. The number of nitrogen functional groups attached to an aromatic ring is 1. The summed E-state index contributed by atoms with van der Waals surface area (Å²) in [5.74, 6) is -0.0186. The number of pyridine rings is 2. The fourth-order valence-electron chi connectivity index (χ4n) is 3.35. The number of furan rings is 1. The summed E-state index contributed by atoms with van der Waals surface area (Å²) < 4.78 is 22.0. The molecule has 0 unspecified atom stereocenters. The molecule has 6 heteroatoms. The highest BCUT2D eigenvalue weighted by Gasteiger charge is 2.28. The third-order valence-corrected chi connectivity index (χ3v) is 4.71. The predicted molar refractivity (Wildman–Crippen MR) is 93.9 cm³/mol. The Kier molecular flexibility index (Phi) is 2.80. The molecule has 1 aromatic carbocycles. The molecule has 0 spiro atoms. The lowest BCUT2D eigenvalue weighted by Gasteiger charge is -2.12. The zero-order chi connectivity index (χ0) is 17.1. The summed E-state index contributed by atoms with van der Waals surface area (Å²) in [6.07, 6.45) is 4.91. The average Bonchev–Trinajstić information content (AvgIpc) is 3.31. The minimum Gasteiger partial charge on any atom is -0.463 e. The van der Waals surface area contributed by atoms with Crippen molar-refractivity contribution in [3.05, 3.63) is 59.0 Å². The van der Waals surface area contributed by atoms with Crippen LogP contribution in [0.5, 0.6) is 0 Å². The van der Waals surface area contributed by atoms with Crippen molar-refractivity contribution in [3.8, 4) is 11.1 Å². The number of anilines is 1. The van der Waals surface area contributed by atoms with E-state index >= 15 is 0 Å². The zero-order valence-electron chi connectivity index (χ0n) is 13.2. The molecule has 5 nitrogen and oxygen atoms in total. The van der Waals surface area contributed by atoms with E-state index in [1.807, 2.05) is 0 Å². The molecule has 0 aliphatic heterocycles. The van der Waals surface area contributed by atoms with Crippen LogP contribution in [0.25, 0.3) is 33.0 Å². The van der Waals surface area contributed by atoms with Gasteiger partial charge in [0.1, 0.15) is 17.2 Å². The van der Waals surface area contributed by atoms with Crippen molar-refractivity contribution in [3.63, 3.8) is 0 Å². The quantitative estimate of drug-likeness (QED) is 0.603. The van der Waals surface area contributed by atoms with Gasteiger partial charge in [0.15, 0.2) is 0 Å². The fourth-order valence-corrected chi connectivity index (χ4v) is 3.35. The van der Waals surface area contributed by atoms with Gasteiger partial charge in [-0.25, -0.2) is 9.37 Å². The van der Waals surface area contributed by atoms with Crippen molar-refractivity contribution in [1.29, 1.82) is 0 Å². The Hall–Kier alpha value is -3.15. The highest BCUT2D eigenvalue weighted by Crippen LogP contribution is 2.39. The third kappa shape index (κ3) is 2.07. The van der Waals surface area contributed by atoms with Crippen LogP contribution >= 0.6 is 0 Å². The van der Waals surface area contributed by atoms with Gasteiger partial charge in [-0.3, -0.25) is 4.79 Å². The predicted octanol–water partition coefficient (Wildman–Crippen LogP) is 3.87. The lowest BCUT2D eigenvalue weighted by Crippen LogP contribution is -2.19. The molecule has 2 N–H and O–H groups in total. The summed E-state index contributed by atoms with van der Waals surface area (Å²) in [5, 5.41) is 1.09. The van der Waals surface area contributed by atoms with Crippen LogP contribution in [0.15, 0.2) is 52.0 Å². The molecule has 124 valence electrons. The first-order valence-electron chi connectivity index (χ1n) is 8.10. The van der Waals surface area contributed by atoms with Gasteiger partial charge in [-0.15, -0.1) is 0 Å². The van der Waals surface area contributed by atoms with Gasteiger partial charge in [0.25, 0.3) is 5.56 Å². The van der Waals surface area contributed by atoms with Gasteiger partial charge in [-0.05, 0) is 43.2 Å². The van der Waals surface area contributed by atoms with Gasteiger partial charge in [0, 0.05) is 28.8 Å². The van der Waals surface area contributed by atoms with Gasteiger partial charge in [-0.1, -0.05) is 0 Å². The first-order valence-corrected chi connectivity index (χ1v) is 8.10. The molecule has 1 saturated carbocycles. The second-order valence-corrected chi connectivity index (χ2v) is 6.39. The molecule has 0 bridgehead atoms. The van der Waals surface area contributed by atoms with E-state index in [4.69, 9.17) is 10.2 Å². The number of hydrogen-bond donors (Lipinski definition) is 1. The molecule has 3 heterocycles. The zero-order valence-corrected chi connectivity index (χ0v) is 13.2. The molecule has 1 aliphatic carbocycles. The maximum atomic E-state index is 14.8. The van der Waals surface area contributed by atoms with Crippen molar-refractivity contribution < 1.29 is 8.81 Å². The van der Waals surface area contributed by atoms with Crippen LogP contribution in [0, 0.1) is 5.82 Å². The van der Waals surface area contributed by atoms with E-state index in [2.05, 4.69) is 4.98 Å². The molecule has 0 saturated heterocycles. The van der Waals surface area contributed by atoms with Crippen LogP contribution in [0.1, 0.15) is 18.9 Å². The summed E-state index contributed by atoms with van der Waals surface area (Å²) >= 11 is 0. The lowest BCUT2D eigenvalue weighted by molar-refractivity contribution is 0.615. The standard InChI is InChI=1S/C19H14FN3O2/c20-15-7-14-16(8-13(15)10-1-4-17(21)22-9-10)23(11-2-3-11)19(24)12-5-6-25-18(12)14/h1,4-9,11H,2-3H2,(H2,21,22). The first-order chi connectivity index (χ1) is 12.1. The number of nitrogens with zero attached hydrogens (tertiary/aromatic N) is 2. The summed E-state index contributed by atoms with van der Waals surface area (Å²) in [6, 6.07) is 8.30. The number of aromatic nitrogens is 2. The Morgan fingerprint density at radius 2 is 2.04 bits per heavy atom. The molecule has 0 atom stereocenters. The SMILES string of the molecule is Nc1ccc(-c2cc3c(cc2F)c2occc2c(=O)n3C2CC2)cn1. The number of hydrogen-bond acceptors (Lipinski definition) is 4. The summed E-state index contributed by atoms with van der Waals surface area (Å²) in [7, 11) is 0. The topological polar surface area (TPSA) is 74.0 Å². The van der Waals surface area contributed by atoms with E-state index in [-0.39, 0.29) is 11.6 Å². The van der Waals surface area contributed by atoms with E-state index < -0.39 is 5.82 Å². The van der Waals surface area contributed by atoms with Crippen molar-refractivity contribution >= 4 is 27.7 Å². The van der Waals surface area contributed by atoms with E-state index in [1.165, 1.54) is 18.5 Å². The second kappa shape index (κ2) is 4.92. The van der Waals surface area contributed by atoms with Crippen LogP contribution in [-0.4, -0.2) is 9.55 Å². The Bertz CT molecular complexity index is 1190. The monoisotopic (exact) mass is 335 g/mol. The maximum absolute atomic E-state index is 14.8. The van der Waals surface area contributed by atoms with E-state index in [0.29, 0.717) is 38.8 Å². The average molecular weight is 335 g/mol. The second-order valence-electron chi connectivity index (χ2n) is 6.39. The normalized spacial score (nSPS) is 14.4. The summed E-state index contributed by atoms with van der Waals surface area (Å²) in [4.78, 5) is 16.9. The number of halogens is 1. The maximum Gasteiger partial charge on any atom is 0.262 e. The number of benzene rings is 1. The Balaban J connectivity index is 1.89. The molecule has 25 heavy (non-hydrogen) atoms. The largest absolute Gasteiger partial charge is 0.463 e. The molecular formula is C19H14FN3O2. The van der Waals surface area contributed by atoms with Crippen LogP contribution in [0.4, 0.5) is 10.2 Å². The molecule has 0 amide bonds. The molecule has 1 aliphatic rings. The van der Waals surface area contributed by atoms with Crippen molar-refractivity contribution in [2.45, 2.75) is 18.9 Å². The molecule has 3 aromatic heterocycles. The highest BCUT2D eigenvalue weighted by atomic mass is 19.1. The van der Waals surface area contributed by atoms with Crippen LogP contribution < -0.4 is 11.3 Å². The van der Waals surface area contributed by atoms with E-state index in [0.717, 1.165) is 12.8 Å². The molecule has 0 radical (unpaired) electrons. The number of fused-ring (bicyclic) bond motifs is 3. The van der Waals surface area contributed by atoms with Crippen molar-refractivity contribution in [2.24, 2.45) is 0 Å². The van der Waals surface area contributed by atoms with Gasteiger partial charge in [0.05, 0.1) is 17.2 Å². The van der Waals surface area contributed by atoms with Crippen LogP contribution in [0.3, 0.4) is 0 Å². The Morgan fingerprint density at radius 1 is 1.20 bits per heavy atom. The minimum atomic E-state index is -0.391. The first kappa shape index (κ1) is 14.2. The smallest absolute Gasteiger partial charge is 0.262 e. The minimum absolute atomic E-state index is 0.0910. The van der Waals surface area contributed by atoms with Gasteiger partial charge >= 0.3 is 0 Å². The van der Waals surface area contributed by atoms with Gasteiger partial charge < -0.3 is 14.7 Å². The van der Waals surface area contributed by atoms with Crippen LogP contribution in [0.2, 0.25) is 0 Å². The lowest BCUT2D eigenvalue weighted by atomic mass is 10.0. The summed E-state index contributed by atoms with van der Waals surface area (Å²) in [6.45, 7) is 0. The Morgan fingerprint density at radius 3 is 2.76 bits per heavy atom. The highest BCUT2D eigenvalue weighted by molar-refractivity contribution is 6.03. The van der Waals surface area contributed by atoms with Crippen molar-refractivity contribution in [1.82, 2.24) is 9.55 Å². The van der Waals surface area contributed by atoms with Gasteiger partial charge in [-0.2, -0.15) is 0 Å². The number of rotatable bonds is 2. The van der Waals surface area contributed by atoms with E-state index in [9.17, 15) is 9.18 Å². The third-order valence-electron chi connectivity index (χ3n) is 4.71. The summed E-state index contributed by atoms with van der Waals surface area (Å²) in [5.41, 5.74) is 7.64. The van der Waals surface area contributed by atoms with Crippen molar-refractivity contribution in [2.75, 3.05) is 5.73 Å². The Labute approximate surface area is 141 Å². The van der Waals surface area contributed by atoms with Gasteiger partial charge in [0.2, 0.25) is 0 Å². The molecular weight excluding hydrogens is 321 g/mol. The fraction of sp³-hybridized carbons (Fsp3) is 0.158. The van der Waals surface area contributed by atoms with E-state index in [1.54, 1.807) is 28.8 Å².